The number of amides is 1. The molecule has 0 spiro atoms. The highest BCUT2D eigenvalue weighted by Gasteiger charge is 2.08. The van der Waals surface area contributed by atoms with E-state index in [0.717, 1.165) is 0 Å². The topological polar surface area (TPSA) is 42.0 Å². The second-order valence-electron chi connectivity index (χ2n) is 3.31. The predicted molar refractivity (Wildman–Crippen MR) is 63.6 cm³/mol. The number of hydrogen-bond acceptors (Lipinski definition) is 2. The fourth-order valence-corrected chi connectivity index (χ4v) is 1.39. The lowest BCUT2D eigenvalue weighted by Gasteiger charge is -2.04. The van der Waals surface area contributed by atoms with Crippen molar-refractivity contribution in [2.24, 2.45) is 0 Å². The maximum Gasteiger partial charge on any atom is 0.274 e. The summed E-state index contributed by atoms with van der Waals surface area (Å²) in [6, 6.07) is 10.7. The summed E-state index contributed by atoms with van der Waals surface area (Å²) in [6.45, 7) is 0. The van der Waals surface area contributed by atoms with Gasteiger partial charge in [-0.3, -0.25) is 4.79 Å². The molecule has 0 aliphatic carbocycles. The molecule has 86 valence electrons. The molecule has 0 radical (unpaired) electrons. The molecule has 5 heteroatoms. The highest BCUT2D eigenvalue weighted by Crippen LogP contribution is 2.14. The average molecular weight is 251 g/mol. The van der Waals surface area contributed by atoms with E-state index >= 15 is 0 Å². The van der Waals surface area contributed by atoms with Crippen LogP contribution in [0.1, 0.15) is 10.5 Å². The summed E-state index contributed by atoms with van der Waals surface area (Å²) < 4.78 is 12.8. The summed E-state index contributed by atoms with van der Waals surface area (Å²) >= 11 is 5.71. The Bertz CT molecular complexity index is 542. The van der Waals surface area contributed by atoms with Gasteiger partial charge in [-0.2, -0.15) is 4.39 Å². The van der Waals surface area contributed by atoms with Crippen LogP contribution in [0.15, 0.2) is 42.5 Å². The molecule has 0 bridgehead atoms. The van der Waals surface area contributed by atoms with Gasteiger partial charge >= 0.3 is 0 Å². The number of halogens is 2. The molecule has 1 heterocycles. The minimum absolute atomic E-state index is 0.0277. The largest absolute Gasteiger partial charge is 0.321 e. The van der Waals surface area contributed by atoms with Crippen molar-refractivity contribution in [1.82, 2.24) is 4.98 Å². The first-order chi connectivity index (χ1) is 8.15. The normalized spacial score (nSPS) is 10.0. The Morgan fingerprint density at radius 1 is 1.18 bits per heavy atom. The highest BCUT2D eigenvalue weighted by molar-refractivity contribution is 6.30. The number of hydrogen-bond donors (Lipinski definition) is 1. The molecule has 0 unspecified atom stereocenters. The van der Waals surface area contributed by atoms with Crippen molar-refractivity contribution in [3.05, 3.63) is 59.1 Å². The summed E-state index contributed by atoms with van der Waals surface area (Å²) in [4.78, 5) is 15.2. The third-order valence-electron chi connectivity index (χ3n) is 2.05. The number of aromatic nitrogens is 1. The van der Waals surface area contributed by atoms with Crippen LogP contribution >= 0.6 is 11.6 Å². The van der Waals surface area contributed by atoms with Crippen molar-refractivity contribution in [1.29, 1.82) is 0 Å². The SMILES string of the molecule is O=C(Nc1ccc(Cl)cc1)c1cccc(F)n1. The van der Waals surface area contributed by atoms with Crippen molar-refractivity contribution >= 4 is 23.2 Å². The van der Waals surface area contributed by atoms with Crippen molar-refractivity contribution in [2.75, 3.05) is 5.32 Å². The monoisotopic (exact) mass is 250 g/mol. The van der Waals surface area contributed by atoms with Crippen molar-refractivity contribution in [3.8, 4) is 0 Å². The summed E-state index contributed by atoms with van der Waals surface area (Å²) in [6.07, 6.45) is 0. The Morgan fingerprint density at radius 3 is 2.53 bits per heavy atom. The fourth-order valence-electron chi connectivity index (χ4n) is 1.26. The molecule has 2 rings (SSSR count). The smallest absolute Gasteiger partial charge is 0.274 e. The Kier molecular flexibility index (Phi) is 3.35. The number of carbonyl (C=O) groups is 1. The molecule has 2 aromatic rings. The minimum atomic E-state index is -0.686. The molecule has 17 heavy (non-hydrogen) atoms. The van der Waals surface area contributed by atoms with Gasteiger partial charge in [0.15, 0.2) is 0 Å². The number of pyridine rings is 1. The van der Waals surface area contributed by atoms with Gasteiger partial charge in [-0.25, -0.2) is 4.98 Å². The van der Waals surface area contributed by atoms with Crippen molar-refractivity contribution < 1.29 is 9.18 Å². The van der Waals surface area contributed by atoms with E-state index in [1.54, 1.807) is 24.3 Å². The molecule has 1 amide bonds. The second kappa shape index (κ2) is 4.93. The molecule has 0 atom stereocenters. The van der Waals surface area contributed by atoms with Crippen LogP contribution in [0.4, 0.5) is 10.1 Å². The third kappa shape index (κ3) is 3.01. The molecule has 1 aromatic heterocycles. The predicted octanol–water partition coefficient (Wildman–Crippen LogP) is 3.13. The van der Waals surface area contributed by atoms with E-state index in [1.165, 1.54) is 18.2 Å². The van der Waals surface area contributed by atoms with Gasteiger partial charge in [0, 0.05) is 10.7 Å². The lowest BCUT2D eigenvalue weighted by atomic mass is 10.3. The van der Waals surface area contributed by atoms with Crippen LogP contribution in [0.5, 0.6) is 0 Å². The summed E-state index contributed by atoms with van der Waals surface area (Å²) in [5, 5.41) is 3.16. The van der Waals surface area contributed by atoms with Gasteiger partial charge < -0.3 is 5.32 Å². The van der Waals surface area contributed by atoms with Crippen LogP contribution in [-0.4, -0.2) is 10.9 Å². The lowest BCUT2D eigenvalue weighted by Crippen LogP contribution is -2.13. The minimum Gasteiger partial charge on any atom is -0.321 e. The standard InChI is InChI=1S/C12H8ClFN2O/c13-8-4-6-9(7-5-8)15-12(17)10-2-1-3-11(14)16-10/h1-7H,(H,15,17). The number of benzene rings is 1. The molecule has 0 saturated carbocycles. The van der Waals surface area contributed by atoms with Gasteiger partial charge in [-0.15, -0.1) is 0 Å². The fraction of sp³-hybridized carbons (Fsp3) is 0. The average Bonchev–Trinajstić information content (AvgIpc) is 2.32. The Labute approximate surface area is 102 Å². The van der Waals surface area contributed by atoms with Gasteiger partial charge in [-0.1, -0.05) is 17.7 Å². The van der Waals surface area contributed by atoms with Gasteiger partial charge in [0.25, 0.3) is 5.91 Å². The molecule has 1 aromatic carbocycles. The van der Waals surface area contributed by atoms with E-state index in [0.29, 0.717) is 10.7 Å². The first-order valence-electron chi connectivity index (χ1n) is 4.84. The van der Waals surface area contributed by atoms with Gasteiger partial charge in [-0.05, 0) is 36.4 Å². The zero-order chi connectivity index (χ0) is 12.3. The van der Waals surface area contributed by atoms with Gasteiger partial charge in [0.2, 0.25) is 5.95 Å². The highest BCUT2D eigenvalue weighted by atomic mass is 35.5. The van der Waals surface area contributed by atoms with Crippen LogP contribution < -0.4 is 5.32 Å². The van der Waals surface area contributed by atoms with E-state index in [-0.39, 0.29) is 5.69 Å². The van der Waals surface area contributed by atoms with E-state index < -0.39 is 11.9 Å². The van der Waals surface area contributed by atoms with Crippen LogP contribution in [0.3, 0.4) is 0 Å². The lowest BCUT2D eigenvalue weighted by molar-refractivity contribution is 0.102. The molecule has 0 aliphatic heterocycles. The van der Waals surface area contributed by atoms with E-state index in [9.17, 15) is 9.18 Å². The molecule has 1 N–H and O–H groups in total. The van der Waals surface area contributed by atoms with E-state index in [2.05, 4.69) is 10.3 Å². The first-order valence-corrected chi connectivity index (χ1v) is 5.22. The van der Waals surface area contributed by atoms with Crippen LogP contribution in [-0.2, 0) is 0 Å². The van der Waals surface area contributed by atoms with Crippen LogP contribution in [0, 0.1) is 5.95 Å². The van der Waals surface area contributed by atoms with Crippen LogP contribution in [0.25, 0.3) is 0 Å². The summed E-state index contributed by atoms with van der Waals surface area (Å²) in [5.41, 5.74) is 0.602. The zero-order valence-corrected chi connectivity index (χ0v) is 9.41. The number of carbonyl (C=O) groups excluding carboxylic acids is 1. The van der Waals surface area contributed by atoms with E-state index in [4.69, 9.17) is 11.6 Å². The number of nitrogens with one attached hydrogen (secondary N) is 1. The molecular weight excluding hydrogens is 243 g/mol. The molecule has 3 nitrogen and oxygen atoms in total. The number of rotatable bonds is 2. The molecule has 0 aliphatic rings. The Hall–Kier alpha value is -1.94. The van der Waals surface area contributed by atoms with E-state index in [1.807, 2.05) is 0 Å². The molecule has 0 fully saturated rings. The quantitative estimate of drug-likeness (QED) is 0.832. The molecule has 0 saturated heterocycles. The van der Waals surface area contributed by atoms with Crippen molar-refractivity contribution in [3.63, 3.8) is 0 Å². The first kappa shape index (κ1) is 11.5. The van der Waals surface area contributed by atoms with Crippen molar-refractivity contribution in [2.45, 2.75) is 0 Å². The van der Waals surface area contributed by atoms with Crippen LogP contribution in [0.2, 0.25) is 5.02 Å². The Balaban J connectivity index is 2.14. The van der Waals surface area contributed by atoms with Gasteiger partial charge in [0.05, 0.1) is 0 Å². The summed E-state index contributed by atoms with van der Waals surface area (Å²) in [7, 11) is 0. The number of anilines is 1. The summed E-state index contributed by atoms with van der Waals surface area (Å²) in [5.74, 6) is -1.15. The number of nitrogens with zero attached hydrogens (tertiary/aromatic N) is 1. The van der Waals surface area contributed by atoms with Gasteiger partial charge in [0.1, 0.15) is 5.69 Å². The zero-order valence-electron chi connectivity index (χ0n) is 8.65. The molecular formula is C12H8ClFN2O. The third-order valence-corrected chi connectivity index (χ3v) is 2.30. The maximum absolute atomic E-state index is 12.8. The second-order valence-corrected chi connectivity index (χ2v) is 3.74. The Morgan fingerprint density at radius 2 is 1.88 bits per heavy atom. The maximum atomic E-state index is 12.8.